The molecule has 2 amide bonds. The Balaban J connectivity index is 4.87. The zero-order valence-corrected chi connectivity index (χ0v) is 13.9. The maximum atomic E-state index is 12.0. The third kappa shape index (κ3) is 1.97. The van der Waals surface area contributed by atoms with E-state index in [0.717, 1.165) is 0 Å². The number of quaternary nitrogens is 1. The lowest BCUT2D eigenvalue weighted by Gasteiger charge is -2.50. The van der Waals surface area contributed by atoms with E-state index in [4.69, 9.17) is 0 Å². The van der Waals surface area contributed by atoms with Crippen molar-refractivity contribution in [2.24, 2.45) is 10.8 Å². The van der Waals surface area contributed by atoms with Gasteiger partial charge in [0.25, 0.3) is 5.41 Å². The van der Waals surface area contributed by atoms with Crippen molar-refractivity contribution in [2.45, 2.75) is 5.54 Å². The Labute approximate surface area is 161 Å². The number of carboxylic acids is 6. The van der Waals surface area contributed by atoms with E-state index in [1.165, 1.54) is 0 Å². The zero-order chi connectivity index (χ0) is 24.0. The highest BCUT2D eigenvalue weighted by molar-refractivity contribution is 6.24. The molecule has 162 valence electrons. The molecule has 0 aliphatic carbocycles. The summed E-state index contributed by atoms with van der Waals surface area (Å²) in [6.45, 7) is 0. The number of carboxylic acid groups (broad SMARTS) is 8. The van der Waals surface area contributed by atoms with Crippen LogP contribution >= 0.6 is 0 Å². The lowest BCUT2D eigenvalue weighted by atomic mass is 9.50. The van der Waals surface area contributed by atoms with Crippen molar-refractivity contribution in [1.82, 2.24) is 0 Å². The van der Waals surface area contributed by atoms with Crippen molar-refractivity contribution in [3.05, 3.63) is 12.3 Å². The van der Waals surface area contributed by atoms with Gasteiger partial charge >= 0.3 is 53.5 Å². The Kier molecular flexibility index (Phi) is 5.10. The first kappa shape index (κ1) is 23.5. The molecule has 17 nitrogen and oxygen atoms in total. The third-order valence-corrected chi connectivity index (χ3v) is 4.75. The minimum absolute atomic E-state index is 0.508. The average molecular weight is 436 g/mol. The standard InChI is InChI=1S/C13H9NO16/c15-3(16)11(4(17)18)1-2-14(9(27)28,10(29)30)13(7(23)24,8(25)26)12(11,5(19)20)6(21)22/h1-2H,(H7-,15,16,17,18,19,20,21,22,23,24,25,26,27,28,29,30)/p+1. The van der Waals surface area contributed by atoms with Gasteiger partial charge in [0.2, 0.25) is 5.41 Å². The van der Waals surface area contributed by atoms with Gasteiger partial charge in [-0.15, -0.1) is 0 Å². The van der Waals surface area contributed by atoms with Crippen LogP contribution in [-0.4, -0.2) is 98.9 Å². The summed E-state index contributed by atoms with van der Waals surface area (Å²) in [5.41, 5.74) is -14.8. The molecule has 1 aliphatic rings. The van der Waals surface area contributed by atoms with Gasteiger partial charge in [-0.3, -0.25) is 19.2 Å². The van der Waals surface area contributed by atoms with Crippen LogP contribution in [0.4, 0.5) is 9.59 Å². The largest absolute Gasteiger partial charge is 0.530 e. The van der Waals surface area contributed by atoms with Crippen LogP contribution in [0.1, 0.15) is 0 Å². The zero-order valence-electron chi connectivity index (χ0n) is 13.9. The third-order valence-electron chi connectivity index (χ3n) is 4.75. The van der Waals surface area contributed by atoms with E-state index in [-0.39, 0.29) is 0 Å². The van der Waals surface area contributed by atoms with Crippen LogP contribution in [-0.2, 0) is 28.8 Å². The number of amides is 2. The molecule has 0 saturated carbocycles. The number of imide groups is 1. The second-order valence-electron chi connectivity index (χ2n) is 5.70. The van der Waals surface area contributed by atoms with Crippen molar-refractivity contribution in [2.75, 3.05) is 0 Å². The number of aliphatic carboxylic acids is 6. The monoisotopic (exact) mass is 436 g/mol. The lowest BCUT2D eigenvalue weighted by molar-refractivity contribution is -0.782. The Morgan fingerprint density at radius 1 is 0.533 bits per heavy atom. The van der Waals surface area contributed by atoms with Gasteiger partial charge in [0, 0.05) is 6.08 Å². The number of rotatable bonds is 6. The second kappa shape index (κ2) is 6.51. The summed E-state index contributed by atoms with van der Waals surface area (Å²) in [5, 5.41) is 75.7. The van der Waals surface area contributed by atoms with Crippen molar-refractivity contribution in [3.63, 3.8) is 0 Å². The normalized spacial score (nSPS) is 19.7. The molecule has 8 N–H and O–H groups in total. The molecule has 17 heteroatoms. The van der Waals surface area contributed by atoms with E-state index >= 15 is 0 Å². The Morgan fingerprint density at radius 3 is 1.07 bits per heavy atom. The van der Waals surface area contributed by atoms with Crippen LogP contribution in [0.3, 0.4) is 0 Å². The van der Waals surface area contributed by atoms with Crippen LogP contribution in [0.25, 0.3) is 0 Å². The number of carbonyl (C=O) groups is 8. The molecular formula is C13H10NO16+. The Hall–Kier alpha value is -4.54. The van der Waals surface area contributed by atoms with Crippen LogP contribution in [0.5, 0.6) is 0 Å². The summed E-state index contributed by atoms with van der Waals surface area (Å²) < 4.78 is -3.56. The quantitative estimate of drug-likeness (QED) is 0.163. The van der Waals surface area contributed by atoms with E-state index in [2.05, 4.69) is 0 Å². The summed E-state index contributed by atoms with van der Waals surface area (Å²) in [6, 6.07) is 0. The fourth-order valence-electron chi connectivity index (χ4n) is 3.51. The average Bonchev–Trinajstić information content (AvgIpc) is 2.57. The molecule has 1 rings (SSSR count). The van der Waals surface area contributed by atoms with Crippen molar-refractivity contribution in [1.29, 1.82) is 0 Å². The van der Waals surface area contributed by atoms with Gasteiger partial charge in [0.15, 0.2) is 0 Å². The predicted octanol–water partition coefficient (Wildman–Crippen LogP) is -2.09. The minimum Gasteiger partial charge on any atom is -0.480 e. The van der Waals surface area contributed by atoms with E-state index in [1.54, 1.807) is 0 Å². The van der Waals surface area contributed by atoms with Gasteiger partial charge < -0.3 is 40.9 Å². The Morgan fingerprint density at radius 2 is 0.867 bits per heavy atom. The fraction of sp³-hybridized carbons (Fsp3) is 0.231. The van der Waals surface area contributed by atoms with Crippen molar-refractivity contribution >= 4 is 48.0 Å². The summed E-state index contributed by atoms with van der Waals surface area (Å²) in [4.78, 5) is 95.2. The molecule has 0 saturated heterocycles. The van der Waals surface area contributed by atoms with Gasteiger partial charge in [-0.1, -0.05) is 4.48 Å². The van der Waals surface area contributed by atoms with Gasteiger partial charge in [-0.05, 0) is 0 Å². The van der Waals surface area contributed by atoms with Gasteiger partial charge in [0.1, 0.15) is 6.20 Å². The summed E-state index contributed by atoms with van der Waals surface area (Å²) in [5.74, 6) is -19.0. The SMILES string of the molecule is O=C(O)C1(C(=O)O)C=C[N+](C(=O)O)(C(=O)O)C(C(=O)O)(C(=O)O)C1(C(=O)O)C(=O)O. The molecule has 0 unspecified atom stereocenters. The summed E-state index contributed by atoms with van der Waals surface area (Å²) in [7, 11) is 0. The highest BCUT2D eigenvalue weighted by Gasteiger charge is 2.96. The number of hydrogen-bond donors (Lipinski definition) is 8. The molecule has 1 aliphatic heterocycles. The molecule has 0 spiro atoms. The second-order valence-corrected chi connectivity index (χ2v) is 5.70. The molecule has 0 aromatic rings. The molecule has 1 heterocycles. The van der Waals surface area contributed by atoms with Gasteiger partial charge in [-0.2, -0.15) is 9.59 Å². The first-order valence-electron chi connectivity index (χ1n) is 6.97. The van der Waals surface area contributed by atoms with Crippen LogP contribution < -0.4 is 0 Å². The number of hydrogen-bond acceptors (Lipinski definition) is 8. The van der Waals surface area contributed by atoms with Crippen molar-refractivity contribution < 1.29 is 83.7 Å². The molecule has 0 aromatic heterocycles. The fourth-order valence-corrected chi connectivity index (χ4v) is 3.51. The molecule has 0 atom stereocenters. The Bertz CT molecular complexity index is 824. The van der Waals surface area contributed by atoms with E-state index in [0.29, 0.717) is 0 Å². The molecule has 0 bridgehead atoms. The minimum atomic E-state index is -5.19. The van der Waals surface area contributed by atoms with E-state index < -0.39 is 81.1 Å². The molecule has 0 fully saturated rings. The van der Waals surface area contributed by atoms with Crippen LogP contribution in [0.2, 0.25) is 0 Å². The van der Waals surface area contributed by atoms with Gasteiger partial charge in [0.05, 0.1) is 0 Å². The van der Waals surface area contributed by atoms with E-state index in [1.807, 2.05) is 0 Å². The molecule has 0 aromatic carbocycles. The topological polar surface area (TPSA) is 298 Å². The van der Waals surface area contributed by atoms with Crippen LogP contribution in [0.15, 0.2) is 12.3 Å². The highest BCUT2D eigenvalue weighted by atomic mass is 16.5. The maximum absolute atomic E-state index is 12.0. The van der Waals surface area contributed by atoms with Crippen LogP contribution in [0, 0.1) is 10.8 Å². The predicted molar refractivity (Wildman–Crippen MR) is 78.9 cm³/mol. The first-order chi connectivity index (χ1) is 13.5. The molecular weight excluding hydrogens is 426 g/mol. The van der Waals surface area contributed by atoms with Crippen molar-refractivity contribution in [3.8, 4) is 0 Å². The van der Waals surface area contributed by atoms with E-state index in [9.17, 15) is 79.2 Å². The highest BCUT2D eigenvalue weighted by Crippen LogP contribution is 2.58. The first-order valence-corrected chi connectivity index (χ1v) is 6.97. The maximum Gasteiger partial charge on any atom is 0.530 e. The molecule has 0 radical (unpaired) electrons. The summed E-state index contributed by atoms with van der Waals surface area (Å²) >= 11 is 0. The number of nitrogens with zero attached hydrogens (tertiary/aromatic N) is 1. The smallest absolute Gasteiger partial charge is 0.480 e. The lowest BCUT2D eigenvalue weighted by Crippen LogP contribution is -2.88. The summed E-state index contributed by atoms with van der Waals surface area (Å²) in [6.07, 6.45) is -7.02. The molecule has 30 heavy (non-hydrogen) atoms. The van der Waals surface area contributed by atoms with Gasteiger partial charge in [-0.25, -0.2) is 9.59 Å².